The van der Waals surface area contributed by atoms with Crippen LogP contribution in [0.4, 0.5) is 5.82 Å². The summed E-state index contributed by atoms with van der Waals surface area (Å²) in [6.45, 7) is 0. The molecule has 0 bridgehead atoms. The van der Waals surface area contributed by atoms with Gasteiger partial charge in [-0.2, -0.15) is 5.10 Å². The number of hydrogen-bond acceptors (Lipinski definition) is 3. The molecule has 0 radical (unpaired) electrons. The number of nitrogens with zero attached hydrogens (tertiary/aromatic N) is 3. The number of aromatic nitrogens is 3. The first-order valence-electron chi connectivity index (χ1n) is 6.27. The standard InChI is InChI=1S/C15H12BrClN4/c1-21-15(18)12(9-4-3-7-19-8-9)14(20-21)10-5-2-6-11(16)13(10)17/h2-8H,18H2,1H3. The van der Waals surface area contributed by atoms with Crippen molar-refractivity contribution >= 4 is 33.3 Å². The molecule has 0 unspecified atom stereocenters. The zero-order valence-electron chi connectivity index (χ0n) is 11.2. The van der Waals surface area contributed by atoms with Crippen LogP contribution in [0.25, 0.3) is 22.4 Å². The van der Waals surface area contributed by atoms with Crippen molar-refractivity contribution in [3.63, 3.8) is 0 Å². The van der Waals surface area contributed by atoms with Crippen molar-refractivity contribution in [2.75, 3.05) is 5.73 Å². The van der Waals surface area contributed by atoms with E-state index in [0.717, 1.165) is 26.9 Å². The fraction of sp³-hybridized carbons (Fsp3) is 0.0667. The molecule has 2 N–H and O–H groups in total. The van der Waals surface area contributed by atoms with Gasteiger partial charge in [-0.25, -0.2) is 0 Å². The molecule has 21 heavy (non-hydrogen) atoms. The van der Waals surface area contributed by atoms with Crippen LogP contribution in [0.3, 0.4) is 0 Å². The molecule has 0 spiro atoms. The van der Waals surface area contributed by atoms with Crippen LogP contribution >= 0.6 is 27.5 Å². The third kappa shape index (κ3) is 2.43. The van der Waals surface area contributed by atoms with Gasteiger partial charge in [0.25, 0.3) is 0 Å². The molecular formula is C15H12BrClN4. The third-order valence-corrected chi connectivity index (χ3v) is 4.54. The average molecular weight is 364 g/mol. The molecule has 0 saturated heterocycles. The van der Waals surface area contributed by atoms with Crippen LogP contribution < -0.4 is 5.73 Å². The summed E-state index contributed by atoms with van der Waals surface area (Å²) in [5, 5.41) is 5.13. The smallest absolute Gasteiger partial charge is 0.129 e. The maximum Gasteiger partial charge on any atom is 0.129 e. The normalized spacial score (nSPS) is 10.8. The van der Waals surface area contributed by atoms with E-state index < -0.39 is 0 Å². The number of nitrogens with two attached hydrogens (primary N) is 1. The second kappa shape index (κ2) is 5.50. The molecule has 0 fully saturated rings. The summed E-state index contributed by atoms with van der Waals surface area (Å²) >= 11 is 9.84. The zero-order chi connectivity index (χ0) is 15.0. The quantitative estimate of drug-likeness (QED) is 0.744. The summed E-state index contributed by atoms with van der Waals surface area (Å²) in [4.78, 5) is 4.15. The van der Waals surface area contributed by atoms with Gasteiger partial charge in [-0.15, -0.1) is 0 Å². The lowest BCUT2D eigenvalue weighted by Crippen LogP contribution is -1.98. The van der Waals surface area contributed by atoms with Gasteiger partial charge >= 0.3 is 0 Å². The molecular weight excluding hydrogens is 352 g/mol. The molecule has 2 aromatic heterocycles. The van der Waals surface area contributed by atoms with E-state index in [1.807, 2.05) is 37.4 Å². The number of halogens is 2. The fourth-order valence-corrected chi connectivity index (χ4v) is 2.79. The van der Waals surface area contributed by atoms with Crippen molar-refractivity contribution in [2.24, 2.45) is 7.05 Å². The molecule has 2 heterocycles. The Morgan fingerprint density at radius 2 is 2.05 bits per heavy atom. The molecule has 0 aliphatic heterocycles. The summed E-state index contributed by atoms with van der Waals surface area (Å²) < 4.78 is 2.47. The van der Waals surface area contributed by atoms with Crippen LogP contribution in [0, 0.1) is 0 Å². The Balaban J connectivity index is 2.30. The Hall–Kier alpha value is -1.85. The summed E-state index contributed by atoms with van der Waals surface area (Å²) in [6, 6.07) is 9.56. The van der Waals surface area contributed by atoms with Crippen LogP contribution in [-0.2, 0) is 7.05 Å². The zero-order valence-corrected chi connectivity index (χ0v) is 13.6. The van der Waals surface area contributed by atoms with Crippen LogP contribution in [0.2, 0.25) is 5.02 Å². The fourth-order valence-electron chi connectivity index (χ4n) is 2.21. The molecule has 0 aliphatic rings. The van der Waals surface area contributed by atoms with E-state index >= 15 is 0 Å². The van der Waals surface area contributed by atoms with Gasteiger partial charge in [0, 0.05) is 35.0 Å². The SMILES string of the molecule is Cn1nc(-c2cccc(Br)c2Cl)c(-c2cccnc2)c1N. The minimum atomic E-state index is 0.578. The van der Waals surface area contributed by atoms with Gasteiger partial charge in [0.15, 0.2) is 0 Å². The van der Waals surface area contributed by atoms with E-state index in [9.17, 15) is 0 Å². The van der Waals surface area contributed by atoms with Crippen molar-refractivity contribution in [1.82, 2.24) is 14.8 Å². The van der Waals surface area contributed by atoms with Gasteiger partial charge in [-0.1, -0.05) is 29.8 Å². The molecule has 0 aliphatic carbocycles. The van der Waals surface area contributed by atoms with E-state index in [1.54, 1.807) is 17.1 Å². The monoisotopic (exact) mass is 362 g/mol. The molecule has 3 aromatic rings. The summed E-state index contributed by atoms with van der Waals surface area (Å²) in [7, 11) is 1.81. The summed E-state index contributed by atoms with van der Waals surface area (Å²) in [6.07, 6.45) is 3.49. The molecule has 0 saturated carbocycles. The maximum atomic E-state index is 6.40. The Labute approximate surface area is 135 Å². The third-order valence-electron chi connectivity index (χ3n) is 3.25. The minimum absolute atomic E-state index is 0.578. The molecule has 6 heteroatoms. The lowest BCUT2D eigenvalue weighted by atomic mass is 10.0. The molecule has 3 rings (SSSR count). The Morgan fingerprint density at radius 3 is 2.76 bits per heavy atom. The predicted octanol–water partition coefficient (Wildman–Crippen LogP) is 4.15. The Bertz CT molecular complexity index is 799. The highest BCUT2D eigenvalue weighted by molar-refractivity contribution is 9.10. The maximum absolute atomic E-state index is 6.40. The average Bonchev–Trinajstić information content (AvgIpc) is 2.78. The van der Waals surface area contributed by atoms with Gasteiger partial charge in [-0.3, -0.25) is 9.67 Å². The number of benzene rings is 1. The van der Waals surface area contributed by atoms with Gasteiger partial charge in [0.1, 0.15) is 11.5 Å². The first-order chi connectivity index (χ1) is 10.1. The second-order valence-electron chi connectivity index (χ2n) is 4.58. The van der Waals surface area contributed by atoms with E-state index in [4.69, 9.17) is 17.3 Å². The lowest BCUT2D eigenvalue weighted by molar-refractivity contribution is 0.782. The molecule has 1 aromatic carbocycles. The molecule has 0 amide bonds. The first kappa shape index (κ1) is 14.1. The largest absolute Gasteiger partial charge is 0.383 e. The second-order valence-corrected chi connectivity index (χ2v) is 5.81. The first-order valence-corrected chi connectivity index (χ1v) is 7.44. The minimum Gasteiger partial charge on any atom is -0.383 e. The van der Waals surface area contributed by atoms with Gasteiger partial charge in [0.05, 0.1) is 10.6 Å². The summed E-state index contributed by atoms with van der Waals surface area (Å²) in [5.74, 6) is 0.578. The lowest BCUT2D eigenvalue weighted by Gasteiger charge is -2.06. The van der Waals surface area contributed by atoms with Gasteiger partial charge < -0.3 is 5.73 Å². The highest BCUT2D eigenvalue weighted by Gasteiger charge is 2.20. The molecule has 4 nitrogen and oxygen atoms in total. The van der Waals surface area contributed by atoms with Gasteiger partial charge in [0.2, 0.25) is 0 Å². The van der Waals surface area contributed by atoms with Crippen LogP contribution in [0.1, 0.15) is 0 Å². The van der Waals surface area contributed by atoms with Crippen molar-refractivity contribution in [2.45, 2.75) is 0 Å². The van der Waals surface area contributed by atoms with E-state index in [1.165, 1.54) is 0 Å². The van der Waals surface area contributed by atoms with Gasteiger partial charge in [-0.05, 0) is 28.1 Å². The highest BCUT2D eigenvalue weighted by Crippen LogP contribution is 2.40. The van der Waals surface area contributed by atoms with Crippen LogP contribution in [0.15, 0.2) is 47.2 Å². The predicted molar refractivity (Wildman–Crippen MR) is 89.0 cm³/mol. The topological polar surface area (TPSA) is 56.7 Å². The van der Waals surface area contributed by atoms with Crippen LogP contribution in [0.5, 0.6) is 0 Å². The van der Waals surface area contributed by atoms with E-state index in [0.29, 0.717) is 10.8 Å². The Kier molecular flexibility index (Phi) is 3.69. The van der Waals surface area contributed by atoms with Crippen molar-refractivity contribution in [3.8, 4) is 22.4 Å². The number of rotatable bonds is 2. The van der Waals surface area contributed by atoms with Crippen molar-refractivity contribution in [3.05, 3.63) is 52.2 Å². The number of hydrogen-bond donors (Lipinski definition) is 1. The molecule has 0 atom stereocenters. The highest BCUT2D eigenvalue weighted by atomic mass is 79.9. The van der Waals surface area contributed by atoms with Crippen molar-refractivity contribution in [1.29, 1.82) is 0 Å². The Morgan fingerprint density at radius 1 is 1.24 bits per heavy atom. The number of aryl methyl sites for hydroxylation is 1. The van der Waals surface area contributed by atoms with E-state index in [-0.39, 0.29) is 0 Å². The summed E-state index contributed by atoms with van der Waals surface area (Å²) in [5.41, 5.74) is 9.50. The van der Waals surface area contributed by atoms with Crippen LogP contribution in [-0.4, -0.2) is 14.8 Å². The molecule has 106 valence electrons. The van der Waals surface area contributed by atoms with Crippen molar-refractivity contribution < 1.29 is 0 Å². The number of anilines is 1. The number of nitrogen functional groups attached to an aromatic ring is 1. The van der Waals surface area contributed by atoms with E-state index in [2.05, 4.69) is 26.0 Å². The number of pyridine rings is 1.